The second-order valence-electron chi connectivity index (χ2n) is 8.72. The average Bonchev–Trinajstić information content (AvgIpc) is 3.38. The summed E-state index contributed by atoms with van der Waals surface area (Å²) >= 11 is 3.73. The molecule has 1 aliphatic carbocycles. The molecule has 2 atom stereocenters. The quantitative estimate of drug-likeness (QED) is 0.243. The van der Waals surface area contributed by atoms with Crippen LogP contribution in [0.15, 0.2) is 120 Å². The van der Waals surface area contributed by atoms with Crippen molar-refractivity contribution in [2.75, 3.05) is 4.90 Å². The topological polar surface area (TPSA) is 8.17 Å². The summed E-state index contributed by atoms with van der Waals surface area (Å²) in [4.78, 5) is 2.53. The Balaban J connectivity index is 1.65. The van der Waals surface area contributed by atoms with Crippen molar-refractivity contribution in [3.05, 3.63) is 125 Å². The lowest BCUT2D eigenvalue weighted by molar-refractivity contribution is 0.744. The first-order chi connectivity index (χ1) is 16.3. The van der Waals surface area contributed by atoms with Gasteiger partial charge in [0.2, 0.25) is 0 Å². The standard InChI is InChI=1S/C30H21BrN2/c31-20-15-18-28-26(19-20)25-17-16-24-23-13-7-8-14-27(23)32(21-9-3-1-4-10-21)29(24)30(25)33(28)22-11-5-2-6-12-22/h1-19,26,28H. The molecule has 0 radical (unpaired) electrons. The Morgan fingerprint density at radius 3 is 2.15 bits per heavy atom. The van der Waals surface area contributed by atoms with Gasteiger partial charge in [0.1, 0.15) is 0 Å². The van der Waals surface area contributed by atoms with Crippen LogP contribution >= 0.6 is 15.9 Å². The number of hydrogen-bond donors (Lipinski definition) is 0. The van der Waals surface area contributed by atoms with Crippen LogP contribution in [0.25, 0.3) is 27.5 Å². The van der Waals surface area contributed by atoms with Crippen molar-refractivity contribution in [2.24, 2.45) is 0 Å². The Hall–Kier alpha value is -3.56. The van der Waals surface area contributed by atoms with Gasteiger partial charge in [-0.2, -0.15) is 0 Å². The van der Waals surface area contributed by atoms with Gasteiger partial charge >= 0.3 is 0 Å². The van der Waals surface area contributed by atoms with E-state index in [9.17, 15) is 0 Å². The lowest BCUT2D eigenvalue weighted by Crippen LogP contribution is -2.29. The number of fused-ring (bicyclic) bond motifs is 7. The molecule has 5 aromatic rings. The van der Waals surface area contributed by atoms with Crippen molar-refractivity contribution >= 4 is 49.1 Å². The van der Waals surface area contributed by atoms with Crippen molar-refractivity contribution < 1.29 is 0 Å². The van der Waals surface area contributed by atoms with Crippen LogP contribution in [0.4, 0.5) is 11.4 Å². The summed E-state index contributed by atoms with van der Waals surface area (Å²) in [7, 11) is 0. The monoisotopic (exact) mass is 488 g/mol. The number of anilines is 2. The molecule has 0 spiro atoms. The van der Waals surface area contributed by atoms with E-state index in [1.54, 1.807) is 0 Å². The summed E-state index contributed by atoms with van der Waals surface area (Å²) in [6.45, 7) is 0. The van der Waals surface area contributed by atoms with E-state index in [4.69, 9.17) is 0 Å². The maximum absolute atomic E-state index is 3.73. The highest BCUT2D eigenvalue weighted by Crippen LogP contribution is 2.53. The van der Waals surface area contributed by atoms with Crippen LogP contribution in [0.1, 0.15) is 11.5 Å². The Morgan fingerprint density at radius 1 is 0.667 bits per heavy atom. The molecule has 4 aromatic carbocycles. The van der Waals surface area contributed by atoms with E-state index in [1.165, 1.54) is 44.4 Å². The van der Waals surface area contributed by atoms with Gasteiger partial charge in [-0.3, -0.25) is 0 Å². The fourth-order valence-corrected chi connectivity index (χ4v) is 6.06. The van der Waals surface area contributed by atoms with Gasteiger partial charge < -0.3 is 9.47 Å². The fourth-order valence-electron chi connectivity index (χ4n) is 5.62. The van der Waals surface area contributed by atoms with Crippen LogP contribution in [0, 0.1) is 0 Å². The molecule has 1 aliphatic heterocycles. The van der Waals surface area contributed by atoms with E-state index < -0.39 is 0 Å². The third-order valence-corrected chi connectivity index (χ3v) is 7.48. The van der Waals surface area contributed by atoms with Gasteiger partial charge in [0.05, 0.1) is 22.8 Å². The van der Waals surface area contributed by atoms with Crippen LogP contribution in [-0.2, 0) is 0 Å². The summed E-state index contributed by atoms with van der Waals surface area (Å²) in [6.07, 6.45) is 6.88. The summed E-state index contributed by atoms with van der Waals surface area (Å²) in [5.41, 5.74) is 7.60. The van der Waals surface area contributed by atoms with Crippen molar-refractivity contribution in [2.45, 2.75) is 12.0 Å². The summed E-state index contributed by atoms with van der Waals surface area (Å²) in [5.74, 6) is 0.297. The smallest absolute Gasteiger partial charge is 0.0782 e. The van der Waals surface area contributed by atoms with Crippen LogP contribution in [0.3, 0.4) is 0 Å². The second-order valence-corrected chi connectivity index (χ2v) is 9.64. The normalized spacial score (nSPS) is 19.1. The molecule has 0 fully saturated rings. The Bertz CT molecular complexity index is 1580. The number of halogens is 1. The molecule has 1 aromatic heterocycles. The van der Waals surface area contributed by atoms with E-state index in [1.807, 2.05) is 0 Å². The number of rotatable bonds is 2. The molecule has 3 heteroatoms. The van der Waals surface area contributed by atoms with Crippen LogP contribution in [0.5, 0.6) is 0 Å². The first kappa shape index (κ1) is 19.0. The number of benzene rings is 4. The molecular formula is C30H21BrN2. The Kier molecular flexibility index (Phi) is 4.15. The molecule has 0 bridgehead atoms. The van der Waals surface area contributed by atoms with E-state index in [-0.39, 0.29) is 6.04 Å². The van der Waals surface area contributed by atoms with E-state index >= 15 is 0 Å². The summed E-state index contributed by atoms with van der Waals surface area (Å²) < 4.78 is 3.59. The van der Waals surface area contributed by atoms with Crippen LogP contribution in [-0.4, -0.2) is 10.6 Å². The molecule has 2 unspecified atom stereocenters. The fraction of sp³-hybridized carbons (Fsp3) is 0.0667. The van der Waals surface area contributed by atoms with Gasteiger partial charge in [-0.15, -0.1) is 0 Å². The lowest BCUT2D eigenvalue weighted by atomic mass is 9.91. The molecule has 2 aliphatic rings. The molecule has 0 N–H and O–H groups in total. The van der Waals surface area contributed by atoms with Gasteiger partial charge in [0.25, 0.3) is 0 Å². The SMILES string of the molecule is BrC1=CC2c3ccc4c5ccccc5n(-c5ccccc5)c4c3N(c3ccccc3)C2C=C1. The zero-order valence-electron chi connectivity index (χ0n) is 17.9. The van der Waals surface area contributed by atoms with Crippen molar-refractivity contribution in [3.63, 3.8) is 0 Å². The van der Waals surface area contributed by atoms with Crippen LogP contribution < -0.4 is 4.90 Å². The third kappa shape index (κ3) is 2.72. The highest BCUT2D eigenvalue weighted by molar-refractivity contribution is 9.11. The van der Waals surface area contributed by atoms with Gasteiger partial charge in [-0.1, -0.05) is 101 Å². The first-order valence-electron chi connectivity index (χ1n) is 11.3. The molecule has 0 amide bonds. The van der Waals surface area contributed by atoms with Crippen LogP contribution in [0.2, 0.25) is 0 Å². The number of para-hydroxylation sites is 3. The molecule has 7 rings (SSSR count). The van der Waals surface area contributed by atoms with E-state index in [2.05, 4.69) is 141 Å². The van der Waals surface area contributed by atoms with Gasteiger partial charge in [-0.25, -0.2) is 0 Å². The van der Waals surface area contributed by atoms with E-state index in [0.29, 0.717) is 5.92 Å². The molecule has 2 heterocycles. The Labute approximate surface area is 201 Å². The third-order valence-electron chi connectivity index (χ3n) is 6.95. The zero-order valence-corrected chi connectivity index (χ0v) is 19.5. The molecule has 0 saturated heterocycles. The first-order valence-corrected chi connectivity index (χ1v) is 12.1. The highest BCUT2D eigenvalue weighted by atomic mass is 79.9. The number of nitrogens with zero attached hydrogens (tertiary/aromatic N) is 2. The number of hydrogen-bond acceptors (Lipinski definition) is 1. The predicted molar refractivity (Wildman–Crippen MR) is 142 cm³/mol. The number of aromatic nitrogens is 1. The van der Waals surface area contributed by atoms with Gasteiger partial charge in [-0.05, 0) is 35.9 Å². The maximum Gasteiger partial charge on any atom is 0.0782 e. The van der Waals surface area contributed by atoms with E-state index in [0.717, 1.165) is 4.48 Å². The number of allylic oxidation sites excluding steroid dienone is 2. The Morgan fingerprint density at radius 2 is 1.36 bits per heavy atom. The molecule has 158 valence electrons. The summed E-state index contributed by atoms with van der Waals surface area (Å²) in [5, 5.41) is 2.58. The minimum absolute atomic E-state index is 0.247. The van der Waals surface area contributed by atoms with Gasteiger partial charge in [0, 0.05) is 32.5 Å². The molecular weight excluding hydrogens is 468 g/mol. The minimum Gasteiger partial charge on any atom is -0.332 e. The van der Waals surface area contributed by atoms with Crippen molar-refractivity contribution in [1.29, 1.82) is 0 Å². The second kappa shape index (κ2) is 7.23. The van der Waals surface area contributed by atoms with Crippen molar-refractivity contribution in [3.8, 4) is 5.69 Å². The predicted octanol–water partition coefficient (Wildman–Crippen LogP) is 8.24. The minimum atomic E-state index is 0.247. The lowest BCUT2D eigenvalue weighted by Gasteiger charge is -2.29. The van der Waals surface area contributed by atoms with Gasteiger partial charge in [0.15, 0.2) is 0 Å². The molecule has 33 heavy (non-hydrogen) atoms. The average molecular weight is 489 g/mol. The summed E-state index contributed by atoms with van der Waals surface area (Å²) in [6, 6.07) is 35.2. The van der Waals surface area contributed by atoms with Crippen molar-refractivity contribution in [1.82, 2.24) is 4.57 Å². The zero-order chi connectivity index (χ0) is 21.9. The molecule has 0 saturated carbocycles. The largest absolute Gasteiger partial charge is 0.332 e. The maximum atomic E-state index is 3.73. The highest BCUT2D eigenvalue weighted by Gasteiger charge is 2.40. The molecule has 2 nitrogen and oxygen atoms in total.